The van der Waals surface area contributed by atoms with Crippen molar-refractivity contribution in [2.75, 3.05) is 19.5 Å². The van der Waals surface area contributed by atoms with E-state index < -0.39 is 11.7 Å². The van der Waals surface area contributed by atoms with E-state index in [1.165, 1.54) is 31.0 Å². The topological polar surface area (TPSA) is 78.3 Å². The van der Waals surface area contributed by atoms with Crippen molar-refractivity contribution in [1.29, 1.82) is 0 Å². The fourth-order valence-corrected chi connectivity index (χ4v) is 2.50. The van der Waals surface area contributed by atoms with Crippen LogP contribution in [-0.2, 0) is 0 Å². The Labute approximate surface area is 149 Å². The monoisotopic (exact) mass is 356 g/mol. The van der Waals surface area contributed by atoms with Gasteiger partial charge in [0, 0.05) is 11.8 Å². The molecule has 0 aliphatic rings. The fourth-order valence-electron chi connectivity index (χ4n) is 2.50. The van der Waals surface area contributed by atoms with Crippen molar-refractivity contribution in [3.05, 3.63) is 59.7 Å². The summed E-state index contributed by atoms with van der Waals surface area (Å²) in [6.07, 6.45) is 0. The summed E-state index contributed by atoms with van der Waals surface area (Å²) in [7, 11) is 3.04. The molecular weight excluding hydrogens is 339 g/mol. The lowest BCUT2D eigenvalue weighted by molar-refractivity contribution is 0.102. The summed E-state index contributed by atoms with van der Waals surface area (Å²) in [5, 5.41) is 10.6. The summed E-state index contributed by atoms with van der Waals surface area (Å²) in [6.45, 7) is 1.69. The standard InChI is InChI=1S/C18H17FN4O3/c1-11-17(21-22-23(11)14-6-4-5-12(19)9-14)18(24)20-13-7-8-15(25-2)16(10-13)26-3/h4-10H,1-3H3,(H,20,24). The van der Waals surface area contributed by atoms with E-state index in [2.05, 4.69) is 15.6 Å². The first-order valence-electron chi connectivity index (χ1n) is 7.75. The Hall–Kier alpha value is -3.42. The fraction of sp³-hybridized carbons (Fsp3) is 0.167. The number of ether oxygens (including phenoxy) is 2. The Morgan fingerprint density at radius 1 is 1.12 bits per heavy atom. The van der Waals surface area contributed by atoms with Crippen LogP contribution in [0.25, 0.3) is 5.69 Å². The molecule has 0 saturated heterocycles. The molecule has 1 N–H and O–H groups in total. The normalized spacial score (nSPS) is 10.5. The van der Waals surface area contributed by atoms with Crippen molar-refractivity contribution in [1.82, 2.24) is 15.0 Å². The number of nitrogens with one attached hydrogen (secondary N) is 1. The molecule has 3 rings (SSSR count). The first-order chi connectivity index (χ1) is 12.5. The number of halogens is 1. The molecule has 0 spiro atoms. The van der Waals surface area contributed by atoms with E-state index in [9.17, 15) is 9.18 Å². The highest BCUT2D eigenvalue weighted by Crippen LogP contribution is 2.30. The lowest BCUT2D eigenvalue weighted by Gasteiger charge is -2.10. The van der Waals surface area contributed by atoms with E-state index in [-0.39, 0.29) is 5.69 Å². The zero-order valence-electron chi connectivity index (χ0n) is 14.5. The van der Waals surface area contributed by atoms with Gasteiger partial charge in [-0.15, -0.1) is 5.10 Å². The Bertz CT molecular complexity index is 955. The van der Waals surface area contributed by atoms with Gasteiger partial charge in [0.1, 0.15) is 5.82 Å². The van der Waals surface area contributed by atoms with Gasteiger partial charge in [-0.25, -0.2) is 9.07 Å². The number of amides is 1. The maximum Gasteiger partial charge on any atom is 0.278 e. The molecule has 134 valence electrons. The maximum atomic E-state index is 13.4. The molecule has 8 heteroatoms. The molecule has 1 heterocycles. The van der Waals surface area contributed by atoms with Crippen LogP contribution in [0.5, 0.6) is 11.5 Å². The van der Waals surface area contributed by atoms with Crippen LogP contribution in [0, 0.1) is 12.7 Å². The third-order valence-electron chi connectivity index (χ3n) is 3.80. The Kier molecular flexibility index (Phi) is 4.83. The van der Waals surface area contributed by atoms with Gasteiger partial charge in [-0.2, -0.15) is 0 Å². The van der Waals surface area contributed by atoms with Gasteiger partial charge in [0.15, 0.2) is 17.2 Å². The Balaban J connectivity index is 1.85. The molecule has 0 radical (unpaired) electrons. The molecule has 0 bridgehead atoms. The lowest BCUT2D eigenvalue weighted by atomic mass is 10.2. The molecule has 0 fully saturated rings. The van der Waals surface area contributed by atoms with Crippen molar-refractivity contribution in [3.8, 4) is 17.2 Å². The van der Waals surface area contributed by atoms with Gasteiger partial charge in [-0.1, -0.05) is 11.3 Å². The van der Waals surface area contributed by atoms with E-state index in [0.717, 1.165) is 0 Å². The van der Waals surface area contributed by atoms with Crippen LogP contribution in [0.2, 0.25) is 0 Å². The van der Waals surface area contributed by atoms with Crippen LogP contribution >= 0.6 is 0 Å². The summed E-state index contributed by atoms with van der Waals surface area (Å²) in [5.74, 6) is 0.218. The number of rotatable bonds is 5. The van der Waals surface area contributed by atoms with Crippen LogP contribution in [0.3, 0.4) is 0 Å². The largest absolute Gasteiger partial charge is 0.493 e. The second-order valence-electron chi connectivity index (χ2n) is 5.44. The van der Waals surface area contributed by atoms with Gasteiger partial charge in [0.05, 0.1) is 25.6 Å². The molecule has 0 saturated carbocycles. The number of benzene rings is 2. The highest BCUT2D eigenvalue weighted by Gasteiger charge is 2.18. The van der Waals surface area contributed by atoms with Crippen molar-refractivity contribution in [3.63, 3.8) is 0 Å². The van der Waals surface area contributed by atoms with Crippen LogP contribution in [0.15, 0.2) is 42.5 Å². The number of carbonyl (C=O) groups excluding carboxylic acids is 1. The van der Waals surface area contributed by atoms with E-state index in [1.54, 1.807) is 37.3 Å². The SMILES string of the molecule is COc1ccc(NC(=O)c2nnn(-c3cccc(F)c3)c2C)cc1OC. The first-order valence-corrected chi connectivity index (χ1v) is 7.75. The van der Waals surface area contributed by atoms with Crippen LogP contribution in [0.4, 0.5) is 10.1 Å². The van der Waals surface area contributed by atoms with Crippen LogP contribution < -0.4 is 14.8 Å². The minimum Gasteiger partial charge on any atom is -0.493 e. The zero-order valence-corrected chi connectivity index (χ0v) is 14.5. The van der Waals surface area contributed by atoms with E-state index in [1.807, 2.05) is 0 Å². The first kappa shape index (κ1) is 17.4. The highest BCUT2D eigenvalue weighted by atomic mass is 19.1. The molecule has 3 aromatic rings. The molecule has 1 amide bonds. The molecule has 1 aromatic heterocycles. The van der Waals surface area contributed by atoms with Gasteiger partial charge in [0.2, 0.25) is 0 Å². The Morgan fingerprint density at radius 3 is 2.58 bits per heavy atom. The minimum atomic E-state index is -0.433. The van der Waals surface area contributed by atoms with Crippen molar-refractivity contribution in [2.45, 2.75) is 6.92 Å². The second kappa shape index (κ2) is 7.22. The quantitative estimate of drug-likeness (QED) is 0.760. The van der Waals surface area contributed by atoms with Gasteiger partial charge >= 0.3 is 0 Å². The molecule has 0 aliphatic carbocycles. The number of hydrogen-bond donors (Lipinski definition) is 1. The maximum absolute atomic E-state index is 13.4. The predicted molar refractivity (Wildman–Crippen MR) is 93.6 cm³/mol. The minimum absolute atomic E-state index is 0.143. The highest BCUT2D eigenvalue weighted by molar-refractivity contribution is 6.03. The van der Waals surface area contributed by atoms with Gasteiger partial charge < -0.3 is 14.8 Å². The molecule has 0 unspecified atom stereocenters. The van der Waals surface area contributed by atoms with Gasteiger partial charge in [-0.05, 0) is 37.3 Å². The number of carbonyl (C=O) groups is 1. The third-order valence-corrected chi connectivity index (χ3v) is 3.80. The number of methoxy groups -OCH3 is 2. The molecule has 26 heavy (non-hydrogen) atoms. The average molecular weight is 356 g/mol. The number of aromatic nitrogens is 3. The second-order valence-corrected chi connectivity index (χ2v) is 5.44. The van der Waals surface area contributed by atoms with Crippen molar-refractivity contribution >= 4 is 11.6 Å². The molecule has 7 nitrogen and oxygen atoms in total. The van der Waals surface area contributed by atoms with E-state index >= 15 is 0 Å². The van der Waals surface area contributed by atoms with Crippen molar-refractivity contribution in [2.24, 2.45) is 0 Å². The summed E-state index contributed by atoms with van der Waals surface area (Å²) < 4.78 is 25.2. The summed E-state index contributed by atoms with van der Waals surface area (Å²) >= 11 is 0. The molecule has 0 aliphatic heterocycles. The summed E-state index contributed by atoms with van der Waals surface area (Å²) in [5.41, 5.74) is 1.64. The van der Waals surface area contributed by atoms with Gasteiger partial charge in [0.25, 0.3) is 5.91 Å². The summed E-state index contributed by atoms with van der Waals surface area (Å²) in [6, 6.07) is 10.9. The number of hydrogen-bond acceptors (Lipinski definition) is 5. The van der Waals surface area contributed by atoms with E-state index in [4.69, 9.17) is 9.47 Å². The van der Waals surface area contributed by atoms with E-state index in [0.29, 0.717) is 28.6 Å². The predicted octanol–water partition coefficient (Wildman–Crippen LogP) is 2.98. The Morgan fingerprint density at radius 2 is 1.88 bits per heavy atom. The zero-order chi connectivity index (χ0) is 18.7. The average Bonchev–Trinajstić information content (AvgIpc) is 3.03. The summed E-state index contributed by atoms with van der Waals surface area (Å²) in [4.78, 5) is 12.5. The van der Waals surface area contributed by atoms with Crippen LogP contribution in [0.1, 0.15) is 16.2 Å². The lowest BCUT2D eigenvalue weighted by Crippen LogP contribution is -2.14. The third kappa shape index (κ3) is 3.34. The molecule has 0 atom stereocenters. The number of anilines is 1. The molecule has 2 aromatic carbocycles. The van der Waals surface area contributed by atoms with Gasteiger partial charge in [-0.3, -0.25) is 4.79 Å². The van der Waals surface area contributed by atoms with Crippen molar-refractivity contribution < 1.29 is 18.7 Å². The smallest absolute Gasteiger partial charge is 0.278 e. The molecular formula is C18H17FN4O3. The van der Waals surface area contributed by atoms with Crippen LogP contribution in [-0.4, -0.2) is 35.1 Å². The number of nitrogens with zero attached hydrogens (tertiary/aromatic N) is 3.